The zero-order valence-corrected chi connectivity index (χ0v) is 17.2. The minimum absolute atomic E-state index is 0.000480. The Kier molecular flexibility index (Phi) is 4.65. The number of carbonyl (C=O) groups excluding carboxylic acids is 3. The van der Waals surface area contributed by atoms with Crippen LogP contribution >= 0.6 is 0 Å². The van der Waals surface area contributed by atoms with Crippen LogP contribution < -0.4 is 0 Å². The number of aromatic nitrogens is 1. The molecule has 0 saturated heterocycles. The van der Waals surface area contributed by atoms with Crippen LogP contribution in [0, 0.1) is 0 Å². The number of esters is 1. The molecule has 1 aliphatic heterocycles. The van der Waals surface area contributed by atoms with E-state index in [2.05, 4.69) is 4.98 Å². The Labute approximate surface area is 177 Å². The zero-order valence-electron chi connectivity index (χ0n) is 17.2. The van der Waals surface area contributed by atoms with Crippen molar-refractivity contribution in [3.63, 3.8) is 0 Å². The van der Waals surface area contributed by atoms with Gasteiger partial charge < -0.3 is 14.8 Å². The predicted molar refractivity (Wildman–Crippen MR) is 111 cm³/mol. The molecular formula is C23H20N2O6. The van der Waals surface area contributed by atoms with Gasteiger partial charge in [-0.1, -0.05) is 18.2 Å². The maximum Gasteiger partial charge on any atom is 0.341 e. The SMILES string of the molecule is CC(C)(C)OC(=O)c1c(CN2C(=O)c3ccccc3C2=O)[nH]c2cccc(C(=O)O)c12. The van der Waals surface area contributed by atoms with Crippen molar-refractivity contribution in [2.24, 2.45) is 0 Å². The highest BCUT2D eigenvalue weighted by Crippen LogP contribution is 2.31. The van der Waals surface area contributed by atoms with Crippen molar-refractivity contribution in [1.82, 2.24) is 9.88 Å². The van der Waals surface area contributed by atoms with Gasteiger partial charge in [-0.3, -0.25) is 14.5 Å². The minimum Gasteiger partial charge on any atom is -0.478 e. The van der Waals surface area contributed by atoms with Crippen LogP contribution in [0.2, 0.25) is 0 Å². The van der Waals surface area contributed by atoms with E-state index in [-0.39, 0.29) is 39.9 Å². The highest BCUT2D eigenvalue weighted by Gasteiger charge is 2.37. The molecule has 0 unspecified atom stereocenters. The summed E-state index contributed by atoms with van der Waals surface area (Å²) in [5.74, 6) is -2.90. The number of aromatic carboxylic acids is 1. The van der Waals surface area contributed by atoms with Crippen molar-refractivity contribution >= 4 is 34.7 Å². The van der Waals surface area contributed by atoms with Crippen LogP contribution in [0.5, 0.6) is 0 Å². The summed E-state index contributed by atoms with van der Waals surface area (Å²) in [6.07, 6.45) is 0. The molecule has 8 heteroatoms. The average Bonchev–Trinajstić information content (AvgIpc) is 3.17. The van der Waals surface area contributed by atoms with Gasteiger partial charge in [0.25, 0.3) is 11.8 Å². The molecular weight excluding hydrogens is 400 g/mol. The Morgan fingerprint density at radius 3 is 2.16 bits per heavy atom. The Morgan fingerprint density at radius 1 is 1.00 bits per heavy atom. The first-order valence-corrected chi connectivity index (χ1v) is 9.64. The number of carboxylic acids is 1. The van der Waals surface area contributed by atoms with E-state index in [9.17, 15) is 24.3 Å². The second-order valence-electron chi connectivity index (χ2n) is 8.26. The van der Waals surface area contributed by atoms with Crippen molar-refractivity contribution in [1.29, 1.82) is 0 Å². The van der Waals surface area contributed by atoms with Gasteiger partial charge in [-0.15, -0.1) is 0 Å². The molecule has 0 bridgehead atoms. The van der Waals surface area contributed by atoms with Crippen LogP contribution in [0.15, 0.2) is 42.5 Å². The van der Waals surface area contributed by atoms with Gasteiger partial charge in [-0.25, -0.2) is 9.59 Å². The molecule has 0 spiro atoms. The van der Waals surface area contributed by atoms with E-state index in [1.165, 1.54) is 6.07 Å². The van der Waals surface area contributed by atoms with E-state index >= 15 is 0 Å². The Morgan fingerprint density at radius 2 is 1.61 bits per heavy atom. The number of carbonyl (C=O) groups is 4. The van der Waals surface area contributed by atoms with Gasteiger partial charge in [0.1, 0.15) is 5.60 Å². The number of benzene rings is 2. The highest BCUT2D eigenvalue weighted by atomic mass is 16.6. The summed E-state index contributed by atoms with van der Waals surface area (Å²) in [7, 11) is 0. The first-order valence-electron chi connectivity index (χ1n) is 9.64. The van der Waals surface area contributed by atoms with Crippen LogP contribution in [-0.4, -0.2) is 44.3 Å². The van der Waals surface area contributed by atoms with Crippen molar-refractivity contribution in [3.8, 4) is 0 Å². The van der Waals surface area contributed by atoms with Gasteiger partial charge in [0.05, 0.1) is 34.5 Å². The number of H-pyrrole nitrogens is 1. The molecule has 3 aromatic rings. The van der Waals surface area contributed by atoms with Crippen LogP contribution in [0.3, 0.4) is 0 Å². The van der Waals surface area contributed by atoms with Gasteiger partial charge in [0.15, 0.2) is 0 Å². The number of carboxylic acid groups (broad SMARTS) is 1. The Hall–Kier alpha value is -3.94. The summed E-state index contributed by atoms with van der Waals surface area (Å²) in [5.41, 5.74) is 0.288. The van der Waals surface area contributed by atoms with Crippen molar-refractivity contribution in [2.75, 3.05) is 0 Å². The number of imide groups is 1. The molecule has 4 rings (SSSR count). The Bertz CT molecular complexity index is 1230. The first-order chi connectivity index (χ1) is 14.6. The van der Waals surface area contributed by atoms with Crippen molar-refractivity contribution < 1.29 is 29.0 Å². The summed E-state index contributed by atoms with van der Waals surface area (Å²) in [5, 5.41) is 9.81. The average molecular weight is 420 g/mol. The number of hydrogen-bond donors (Lipinski definition) is 2. The smallest absolute Gasteiger partial charge is 0.341 e. The molecule has 0 aliphatic carbocycles. The summed E-state index contributed by atoms with van der Waals surface area (Å²) < 4.78 is 5.51. The quantitative estimate of drug-likeness (QED) is 0.492. The van der Waals surface area contributed by atoms with E-state index in [0.717, 1.165) is 4.90 Å². The largest absolute Gasteiger partial charge is 0.478 e. The molecule has 8 nitrogen and oxygen atoms in total. The van der Waals surface area contributed by atoms with Crippen molar-refractivity contribution in [2.45, 2.75) is 32.9 Å². The molecule has 2 heterocycles. The highest BCUT2D eigenvalue weighted by molar-refractivity contribution is 6.21. The maximum absolute atomic E-state index is 13.1. The molecule has 0 atom stereocenters. The van der Waals surface area contributed by atoms with E-state index in [1.807, 2.05) is 0 Å². The molecule has 0 fully saturated rings. The summed E-state index contributed by atoms with van der Waals surface area (Å²) in [6.45, 7) is 4.86. The summed E-state index contributed by atoms with van der Waals surface area (Å²) in [4.78, 5) is 54.5. The fourth-order valence-corrected chi connectivity index (χ4v) is 3.69. The monoisotopic (exact) mass is 420 g/mol. The molecule has 1 aliphatic rings. The summed E-state index contributed by atoms with van der Waals surface area (Å²) in [6, 6.07) is 11.0. The normalized spacial score (nSPS) is 13.6. The van der Waals surface area contributed by atoms with Crippen LogP contribution in [-0.2, 0) is 11.3 Å². The lowest BCUT2D eigenvalue weighted by molar-refractivity contribution is 0.00686. The molecule has 1 aromatic heterocycles. The fraction of sp³-hybridized carbons (Fsp3) is 0.217. The predicted octanol–water partition coefficient (Wildman–Crippen LogP) is 3.62. The number of fused-ring (bicyclic) bond motifs is 2. The summed E-state index contributed by atoms with van der Waals surface area (Å²) >= 11 is 0. The molecule has 2 aromatic carbocycles. The van der Waals surface area contributed by atoms with Gasteiger partial charge in [-0.2, -0.15) is 0 Å². The lowest BCUT2D eigenvalue weighted by Crippen LogP contribution is -2.30. The van der Waals surface area contributed by atoms with Crippen LogP contribution in [0.4, 0.5) is 0 Å². The van der Waals surface area contributed by atoms with Gasteiger partial charge in [0.2, 0.25) is 0 Å². The standard InChI is InChI=1S/C23H20N2O6/c1-23(2,3)31-22(30)18-16(24-15-10-6-9-14(17(15)18)21(28)29)11-25-19(26)12-7-4-5-8-13(12)20(25)27/h4-10,24H,11H2,1-3H3,(H,28,29). The number of nitrogens with one attached hydrogen (secondary N) is 1. The molecule has 2 amide bonds. The molecule has 2 N–H and O–H groups in total. The third kappa shape index (κ3) is 3.46. The number of ether oxygens (including phenoxy) is 1. The first kappa shape index (κ1) is 20.3. The molecule has 158 valence electrons. The molecule has 0 saturated carbocycles. The fourth-order valence-electron chi connectivity index (χ4n) is 3.69. The number of hydrogen-bond acceptors (Lipinski definition) is 5. The Balaban J connectivity index is 1.85. The van der Waals surface area contributed by atoms with Crippen LogP contribution in [0.1, 0.15) is 67.9 Å². The van der Waals surface area contributed by atoms with E-state index < -0.39 is 29.4 Å². The number of amides is 2. The maximum atomic E-state index is 13.1. The number of rotatable bonds is 4. The lowest BCUT2D eigenvalue weighted by atomic mass is 10.0. The van der Waals surface area contributed by atoms with E-state index in [0.29, 0.717) is 5.52 Å². The zero-order chi connectivity index (χ0) is 22.5. The second kappa shape index (κ2) is 7.09. The lowest BCUT2D eigenvalue weighted by Gasteiger charge is -2.20. The van der Waals surface area contributed by atoms with E-state index in [4.69, 9.17) is 4.74 Å². The third-order valence-corrected chi connectivity index (χ3v) is 4.93. The number of aromatic amines is 1. The molecule has 31 heavy (non-hydrogen) atoms. The van der Waals surface area contributed by atoms with Gasteiger partial charge in [-0.05, 0) is 45.0 Å². The third-order valence-electron chi connectivity index (χ3n) is 4.93. The van der Waals surface area contributed by atoms with Gasteiger partial charge in [0, 0.05) is 10.9 Å². The van der Waals surface area contributed by atoms with E-state index in [1.54, 1.807) is 57.2 Å². The minimum atomic E-state index is -1.21. The van der Waals surface area contributed by atoms with Crippen molar-refractivity contribution in [3.05, 3.63) is 70.4 Å². The van der Waals surface area contributed by atoms with Gasteiger partial charge >= 0.3 is 11.9 Å². The molecule has 0 radical (unpaired) electrons. The second-order valence-corrected chi connectivity index (χ2v) is 8.26. The topological polar surface area (TPSA) is 117 Å². The van der Waals surface area contributed by atoms with Crippen LogP contribution in [0.25, 0.3) is 10.9 Å². The number of nitrogens with zero attached hydrogens (tertiary/aromatic N) is 1.